The maximum atomic E-state index is 13.0. The Morgan fingerprint density at radius 2 is 2.00 bits per heavy atom. The van der Waals surface area contributed by atoms with Gasteiger partial charge in [0.1, 0.15) is 11.6 Å². The normalized spacial score (nSPS) is 14.3. The number of rotatable bonds is 9. The summed E-state index contributed by atoms with van der Waals surface area (Å²) in [5.74, 6) is 0.720. The minimum Gasteiger partial charge on any atom is -0.430 e. The second-order valence-electron chi connectivity index (χ2n) is 7.47. The zero-order valence-corrected chi connectivity index (χ0v) is 18.4. The Labute approximate surface area is 190 Å². The molecule has 7 nitrogen and oxygen atoms in total. The van der Waals surface area contributed by atoms with Crippen molar-refractivity contribution in [2.75, 3.05) is 39.4 Å². The van der Waals surface area contributed by atoms with Gasteiger partial charge in [-0.05, 0) is 48.9 Å². The Morgan fingerprint density at radius 1 is 1.19 bits per heavy atom. The summed E-state index contributed by atoms with van der Waals surface area (Å²) in [4.78, 5) is 19.2. The first-order valence-electron chi connectivity index (χ1n) is 10.6. The molecule has 1 aliphatic rings. The summed E-state index contributed by atoms with van der Waals surface area (Å²) in [6.07, 6.45) is 1.39. The quantitative estimate of drug-likeness (QED) is 0.497. The van der Waals surface area contributed by atoms with Crippen LogP contribution in [0.25, 0.3) is 0 Å². The highest BCUT2D eigenvalue weighted by Crippen LogP contribution is 2.24. The van der Waals surface area contributed by atoms with Crippen LogP contribution in [0.5, 0.6) is 10.9 Å². The molecule has 2 aromatic carbocycles. The van der Waals surface area contributed by atoms with Crippen LogP contribution in [0.4, 0.5) is 4.39 Å². The van der Waals surface area contributed by atoms with Gasteiger partial charge >= 0.3 is 0 Å². The van der Waals surface area contributed by atoms with E-state index in [0.29, 0.717) is 35.3 Å². The zero-order chi connectivity index (χ0) is 22.2. The summed E-state index contributed by atoms with van der Waals surface area (Å²) in [5.41, 5.74) is 1.45. The van der Waals surface area contributed by atoms with E-state index in [1.54, 1.807) is 36.4 Å². The lowest BCUT2D eigenvalue weighted by molar-refractivity contribution is 0.0374. The molecule has 168 valence electrons. The maximum absolute atomic E-state index is 13.0. The second kappa shape index (κ2) is 11.1. The lowest BCUT2D eigenvalue weighted by atomic mass is 10.1. The van der Waals surface area contributed by atoms with Gasteiger partial charge < -0.3 is 14.8 Å². The van der Waals surface area contributed by atoms with Gasteiger partial charge in [0, 0.05) is 43.2 Å². The highest BCUT2D eigenvalue weighted by Gasteiger charge is 2.12. The first kappa shape index (κ1) is 22.3. The molecule has 32 heavy (non-hydrogen) atoms. The van der Waals surface area contributed by atoms with Crippen LogP contribution in [-0.2, 0) is 11.2 Å². The number of hydrogen-bond donors (Lipinski definition) is 1. The van der Waals surface area contributed by atoms with Crippen molar-refractivity contribution in [3.05, 3.63) is 71.3 Å². The van der Waals surface area contributed by atoms with Crippen LogP contribution in [0.15, 0.2) is 48.5 Å². The van der Waals surface area contributed by atoms with Crippen molar-refractivity contribution in [2.24, 2.45) is 0 Å². The van der Waals surface area contributed by atoms with E-state index < -0.39 is 0 Å². The van der Waals surface area contributed by atoms with Gasteiger partial charge in [-0.25, -0.2) is 4.39 Å². The van der Waals surface area contributed by atoms with Gasteiger partial charge in [-0.15, -0.1) is 0 Å². The largest absolute Gasteiger partial charge is 0.430 e. The van der Waals surface area contributed by atoms with Gasteiger partial charge in [0.2, 0.25) is 0 Å². The SMILES string of the molecule is O=C(NCCCN1CCOCC1)c1cccc(Oc2nc(Cc3ccc(F)cc3)ns2)c1. The second-order valence-corrected chi connectivity index (χ2v) is 8.19. The predicted molar refractivity (Wildman–Crippen MR) is 120 cm³/mol. The Morgan fingerprint density at radius 3 is 2.81 bits per heavy atom. The van der Waals surface area contributed by atoms with Gasteiger partial charge in [-0.1, -0.05) is 18.2 Å². The molecule has 9 heteroatoms. The molecule has 0 atom stereocenters. The molecule has 0 bridgehead atoms. The molecule has 2 heterocycles. The van der Waals surface area contributed by atoms with E-state index in [9.17, 15) is 9.18 Å². The van der Waals surface area contributed by atoms with E-state index in [-0.39, 0.29) is 11.7 Å². The minimum atomic E-state index is -0.273. The van der Waals surface area contributed by atoms with E-state index in [0.717, 1.165) is 56.4 Å². The molecular weight excluding hydrogens is 431 g/mol. The Bertz CT molecular complexity index is 1020. The van der Waals surface area contributed by atoms with Crippen LogP contribution in [0, 0.1) is 5.82 Å². The number of ether oxygens (including phenoxy) is 2. The lowest BCUT2D eigenvalue weighted by Crippen LogP contribution is -2.38. The summed E-state index contributed by atoms with van der Waals surface area (Å²) < 4.78 is 28.5. The van der Waals surface area contributed by atoms with E-state index >= 15 is 0 Å². The average Bonchev–Trinajstić information content (AvgIpc) is 3.25. The monoisotopic (exact) mass is 456 g/mol. The molecule has 0 spiro atoms. The summed E-state index contributed by atoms with van der Waals surface area (Å²) >= 11 is 1.14. The van der Waals surface area contributed by atoms with Gasteiger partial charge in [-0.3, -0.25) is 9.69 Å². The summed E-state index contributed by atoms with van der Waals surface area (Å²) in [6.45, 7) is 5.02. The van der Waals surface area contributed by atoms with E-state index in [2.05, 4.69) is 19.6 Å². The fraction of sp³-hybridized carbons (Fsp3) is 0.348. The van der Waals surface area contributed by atoms with Crippen LogP contribution in [-0.4, -0.2) is 59.6 Å². The number of morpholine rings is 1. The minimum absolute atomic E-state index is 0.133. The molecule has 0 aliphatic carbocycles. The van der Waals surface area contributed by atoms with E-state index in [1.165, 1.54) is 12.1 Å². The number of nitrogens with zero attached hydrogens (tertiary/aromatic N) is 3. The van der Waals surface area contributed by atoms with Crippen molar-refractivity contribution in [2.45, 2.75) is 12.8 Å². The molecule has 0 radical (unpaired) electrons. The third-order valence-electron chi connectivity index (χ3n) is 5.07. The number of nitrogens with one attached hydrogen (secondary N) is 1. The van der Waals surface area contributed by atoms with Crippen molar-refractivity contribution in [3.63, 3.8) is 0 Å². The van der Waals surface area contributed by atoms with E-state index in [4.69, 9.17) is 9.47 Å². The molecule has 0 unspecified atom stereocenters. The maximum Gasteiger partial charge on any atom is 0.298 e. The molecular formula is C23H25FN4O3S. The molecule has 1 saturated heterocycles. The average molecular weight is 457 g/mol. The number of amides is 1. The number of halogens is 1. The Kier molecular flexibility index (Phi) is 7.76. The van der Waals surface area contributed by atoms with Crippen LogP contribution in [0.3, 0.4) is 0 Å². The summed E-state index contributed by atoms with van der Waals surface area (Å²) in [6, 6.07) is 13.2. The summed E-state index contributed by atoms with van der Waals surface area (Å²) in [5, 5.41) is 3.35. The first-order valence-corrected chi connectivity index (χ1v) is 11.4. The Balaban J connectivity index is 1.26. The molecule has 3 aromatic rings. The molecule has 1 amide bonds. The van der Waals surface area contributed by atoms with Crippen molar-refractivity contribution in [1.82, 2.24) is 19.6 Å². The number of aromatic nitrogens is 2. The van der Waals surface area contributed by atoms with Gasteiger partial charge in [-0.2, -0.15) is 9.36 Å². The molecule has 1 N–H and O–H groups in total. The van der Waals surface area contributed by atoms with Crippen molar-refractivity contribution < 1.29 is 18.7 Å². The number of carbonyl (C=O) groups excluding carboxylic acids is 1. The van der Waals surface area contributed by atoms with Gasteiger partial charge in [0.15, 0.2) is 5.82 Å². The standard InChI is InChI=1S/C23H25FN4O3S/c24-19-7-5-17(6-8-19)15-21-26-23(32-27-21)31-20-4-1-3-18(16-20)22(29)25-9-2-10-28-11-13-30-14-12-28/h1,3-8,16H,2,9-15H2,(H,25,29). The first-order chi connectivity index (χ1) is 15.7. The van der Waals surface area contributed by atoms with E-state index in [1.807, 2.05) is 0 Å². The fourth-order valence-electron chi connectivity index (χ4n) is 3.37. The third-order valence-corrected chi connectivity index (χ3v) is 5.70. The number of benzene rings is 2. The molecule has 4 rings (SSSR count). The van der Waals surface area contributed by atoms with Crippen molar-refractivity contribution in [3.8, 4) is 10.9 Å². The van der Waals surface area contributed by atoms with Crippen LogP contribution >= 0.6 is 11.5 Å². The fourth-order valence-corrected chi connectivity index (χ4v) is 3.94. The summed E-state index contributed by atoms with van der Waals surface area (Å²) in [7, 11) is 0. The highest BCUT2D eigenvalue weighted by molar-refractivity contribution is 7.07. The molecule has 1 aromatic heterocycles. The van der Waals surface area contributed by atoms with Gasteiger partial charge in [0.25, 0.3) is 11.1 Å². The van der Waals surface area contributed by atoms with Crippen molar-refractivity contribution >= 4 is 17.4 Å². The molecule has 0 saturated carbocycles. The van der Waals surface area contributed by atoms with Crippen LogP contribution in [0.1, 0.15) is 28.2 Å². The smallest absolute Gasteiger partial charge is 0.298 e. The third kappa shape index (κ3) is 6.56. The van der Waals surface area contributed by atoms with Crippen LogP contribution < -0.4 is 10.1 Å². The molecule has 1 fully saturated rings. The van der Waals surface area contributed by atoms with Crippen LogP contribution in [0.2, 0.25) is 0 Å². The zero-order valence-electron chi connectivity index (χ0n) is 17.6. The number of carbonyl (C=O) groups is 1. The lowest BCUT2D eigenvalue weighted by Gasteiger charge is -2.26. The molecule has 1 aliphatic heterocycles. The topological polar surface area (TPSA) is 76.6 Å². The van der Waals surface area contributed by atoms with Gasteiger partial charge in [0.05, 0.1) is 13.2 Å². The highest BCUT2D eigenvalue weighted by atomic mass is 32.1. The predicted octanol–water partition coefficient (Wildman–Crippen LogP) is 3.51. The van der Waals surface area contributed by atoms with Crippen molar-refractivity contribution in [1.29, 1.82) is 0 Å². The Hall–Kier alpha value is -2.88. The number of hydrogen-bond acceptors (Lipinski definition) is 7.